The van der Waals surface area contributed by atoms with Gasteiger partial charge in [0.25, 0.3) is 0 Å². The van der Waals surface area contributed by atoms with Crippen LogP contribution in [-0.4, -0.2) is 17.9 Å². The molecule has 0 spiro atoms. The fraction of sp³-hybridized carbons (Fsp3) is 0.0455. The summed E-state index contributed by atoms with van der Waals surface area (Å²) in [6, 6.07) is 115. The minimum Gasteiger partial charge on any atom is -0.310 e. The molecule has 0 aliphatic heterocycles. The van der Waals surface area contributed by atoms with Crippen LogP contribution in [0.25, 0.3) is 142 Å². The Morgan fingerprint density at radius 1 is 0.245 bits per heavy atom. The van der Waals surface area contributed by atoms with E-state index in [0.717, 1.165) is 56.6 Å². The summed E-state index contributed by atoms with van der Waals surface area (Å²) in [4.78, 5) is 4.85. The molecule has 442 valence electrons. The average molecular weight is 1200 g/mol. The van der Waals surface area contributed by atoms with E-state index in [1.807, 2.05) is 0 Å². The Hall–Kier alpha value is -12.1. The van der Waals surface area contributed by atoms with E-state index >= 15 is 0 Å². The van der Waals surface area contributed by atoms with Crippen molar-refractivity contribution in [3.63, 3.8) is 0 Å². The van der Waals surface area contributed by atoms with Crippen LogP contribution < -0.4 is 9.80 Å². The molecule has 0 N–H and O–H groups in total. The van der Waals surface area contributed by atoms with E-state index in [9.17, 15) is 0 Å². The summed E-state index contributed by atoms with van der Waals surface area (Å²) in [5.74, 6) is 0. The van der Waals surface area contributed by atoms with Crippen molar-refractivity contribution in [3.8, 4) is 22.5 Å². The summed E-state index contributed by atoms with van der Waals surface area (Å²) in [5.41, 5.74) is 24.6. The van der Waals surface area contributed by atoms with Crippen LogP contribution in [0.4, 0.5) is 34.1 Å². The number of anilines is 6. The molecule has 0 amide bonds. The summed E-state index contributed by atoms with van der Waals surface area (Å²) >= 11 is 0. The van der Waals surface area contributed by atoms with Gasteiger partial charge in [0, 0.05) is 98.8 Å². The van der Waals surface area contributed by atoms with Crippen molar-refractivity contribution >= 4 is 154 Å². The lowest BCUT2D eigenvalue weighted by atomic mass is 9.85. The molecule has 6 heteroatoms. The number of benzene rings is 14. The Bertz CT molecular complexity index is 6390. The zero-order valence-corrected chi connectivity index (χ0v) is 52.1. The van der Waals surface area contributed by atoms with Gasteiger partial charge in [-0.3, -0.25) is 0 Å². The van der Waals surface area contributed by atoms with Crippen molar-refractivity contribution in [3.05, 3.63) is 315 Å². The molecule has 6 aromatic heterocycles. The van der Waals surface area contributed by atoms with E-state index in [1.54, 1.807) is 0 Å². The Labute approximate surface area is 542 Å². The van der Waals surface area contributed by atoms with Crippen LogP contribution in [0.2, 0.25) is 0 Å². The van der Waals surface area contributed by atoms with Crippen LogP contribution in [0.3, 0.4) is 0 Å². The summed E-state index contributed by atoms with van der Waals surface area (Å²) in [5, 5.41) is 15.1. The quantitative estimate of drug-likeness (QED) is 0.144. The summed E-state index contributed by atoms with van der Waals surface area (Å²) in [6.07, 6.45) is 0. The maximum atomic E-state index is 2.58. The molecule has 20 aromatic rings. The van der Waals surface area contributed by atoms with E-state index in [2.05, 4.69) is 358 Å². The lowest BCUT2D eigenvalue weighted by Gasteiger charge is -2.27. The highest BCUT2D eigenvalue weighted by Crippen LogP contribution is 2.51. The Balaban J connectivity index is 0.736. The maximum absolute atomic E-state index is 2.58. The van der Waals surface area contributed by atoms with Crippen LogP contribution in [0.15, 0.2) is 309 Å². The predicted molar refractivity (Wildman–Crippen MR) is 398 cm³/mol. The van der Waals surface area contributed by atoms with Gasteiger partial charge in [-0.15, -0.1) is 0 Å². The Morgan fingerprint density at radius 2 is 0.628 bits per heavy atom. The van der Waals surface area contributed by atoms with E-state index in [0.29, 0.717) is 0 Å². The molecule has 0 unspecified atom stereocenters. The molecule has 0 saturated carbocycles. The summed E-state index contributed by atoms with van der Waals surface area (Å²) < 4.78 is 10.0. The van der Waals surface area contributed by atoms with Gasteiger partial charge in [0.2, 0.25) is 0 Å². The second-order valence-electron chi connectivity index (χ2n) is 26.5. The fourth-order valence-electron chi connectivity index (χ4n) is 16.2. The van der Waals surface area contributed by atoms with Crippen molar-refractivity contribution in [2.75, 3.05) is 9.80 Å². The first-order chi connectivity index (χ1) is 46.3. The van der Waals surface area contributed by atoms with Gasteiger partial charge in [-0.05, 0) is 168 Å². The van der Waals surface area contributed by atoms with Crippen molar-refractivity contribution < 1.29 is 0 Å². The number of para-hydroxylation sites is 7. The molecule has 6 heterocycles. The molecule has 0 fully saturated rings. The SMILES string of the molecule is CC(C)(C)c1cc2c3cc4c5ccccc5n(-c5ccccc5)c4cc3n3c4cc5c(cc4c(c1)c23)c1ccccc1n5-c1ccc(-c2cccc(N(c3ccccc3)c3cccc4c3c3cccc5c6c(N(c7ccccc7)c7ccccc7)cccc6n4c53)c2)cc1. The van der Waals surface area contributed by atoms with Gasteiger partial charge in [-0.25, -0.2) is 0 Å². The normalized spacial score (nSPS) is 12.4. The van der Waals surface area contributed by atoms with Gasteiger partial charge >= 0.3 is 0 Å². The molecule has 6 nitrogen and oxygen atoms in total. The molecule has 0 atom stereocenters. The molecule has 20 rings (SSSR count). The first-order valence-electron chi connectivity index (χ1n) is 32.7. The Morgan fingerprint density at radius 3 is 1.14 bits per heavy atom. The van der Waals surface area contributed by atoms with Crippen molar-refractivity contribution in [1.82, 2.24) is 17.9 Å². The lowest BCUT2D eigenvalue weighted by Crippen LogP contribution is -2.10. The van der Waals surface area contributed by atoms with Crippen molar-refractivity contribution in [1.29, 1.82) is 0 Å². The summed E-state index contributed by atoms with van der Waals surface area (Å²) in [6.45, 7) is 7.03. The molecule has 14 aromatic carbocycles. The largest absolute Gasteiger partial charge is 0.310 e. The molecule has 0 bridgehead atoms. The summed E-state index contributed by atoms with van der Waals surface area (Å²) in [7, 11) is 0. The molecule has 0 radical (unpaired) electrons. The van der Waals surface area contributed by atoms with Gasteiger partial charge in [0.15, 0.2) is 0 Å². The molecular formula is C88H60N6. The van der Waals surface area contributed by atoms with Crippen molar-refractivity contribution in [2.24, 2.45) is 0 Å². The minimum absolute atomic E-state index is 0.0615. The molecule has 0 aliphatic carbocycles. The van der Waals surface area contributed by atoms with E-state index in [1.165, 1.54) is 125 Å². The monoisotopic (exact) mass is 1200 g/mol. The standard InChI is InChI=1S/C88H60N6/c1-88(2,3)57-49-72-70-51-68-64-34-16-18-38-74(64)91(61-31-14-7-15-32-61)80(68)53-82(70)94-83-54-81-69(52-71(83)73(50-57)87(72)94)65-35-17-19-39-75(65)92(81)62-46-44-55(45-47-62)56-24-20-33-63(48-56)90(60-29-12-6-13-30-60)77-41-23-43-79-85(77)67-37-21-36-66-84-76(40-22-42-78(84)93(79)86(66)67)89(58-25-8-4-9-26-58)59-27-10-5-11-28-59/h4-54H,1-3H3. The first kappa shape index (κ1) is 52.6. The molecule has 94 heavy (non-hydrogen) atoms. The first-order valence-corrected chi connectivity index (χ1v) is 32.7. The van der Waals surface area contributed by atoms with Gasteiger partial charge in [-0.2, -0.15) is 0 Å². The third-order valence-corrected chi connectivity index (χ3v) is 20.3. The molecular weight excluding hydrogens is 1140 g/mol. The second kappa shape index (κ2) is 19.7. The zero-order chi connectivity index (χ0) is 62.1. The van der Waals surface area contributed by atoms with E-state index < -0.39 is 0 Å². The average Bonchev–Trinajstić information content (AvgIpc) is 1.53. The topological polar surface area (TPSA) is 25.2 Å². The Kier molecular flexibility index (Phi) is 11.0. The third-order valence-electron chi connectivity index (χ3n) is 20.3. The zero-order valence-electron chi connectivity index (χ0n) is 52.1. The highest BCUT2D eigenvalue weighted by atomic mass is 15.2. The van der Waals surface area contributed by atoms with Crippen LogP contribution in [0, 0.1) is 0 Å². The number of fused-ring (bicyclic) bond motifs is 18. The number of rotatable bonds is 9. The van der Waals surface area contributed by atoms with Gasteiger partial charge in [0.1, 0.15) is 0 Å². The number of nitrogens with zero attached hydrogens (tertiary/aromatic N) is 6. The smallest absolute Gasteiger partial charge is 0.0622 e. The second-order valence-corrected chi connectivity index (χ2v) is 26.5. The molecule has 0 aliphatic rings. The minimum atomic E-state index is -0.0615. The van der Waals surface area contributed by atoms with Gasteiger partial charge in [0.05, 0.1) is 66.5 Å². The van der Waals surface area contributed by atoms with E-state index in [4.69, 9.17) is 0 Å². The van der Waals surface area contributed by atoms with Gasteiger partial charge < -0.3 is 27.7 Å². The predicted octanol–water partition coefficient (Wildman–Crippen LogP) is 24.1. The third kappa shape index (κ3) is 7.47. The van der Waals surface area contributed by atoms with E-state index in [-0.39, 0.29) is 5.41 Å². The molecule has 0 saturated heterocycles. The van der Waals surface area contributed by atoms with Gasteiger partial charge in [-0.1, -0.05) is 185 Å². The lowest BCUT2D eigenvalue weighted by molar-refractivity contribution is 0.592. The van der Waals surface area contributed by atoms with Crippen LogP contribution in [0.5, 0.6) is 0 Å². The maximum Gasteiger partial charge on any atom is 0.0622 e. The number of aromatic nitrogens is 4. The van der Waals surface area contributed by atoms with Crippen LogP contribution in [0.1, 0.15) is 26.3 Å². The number of hydrogen-bond donors (Lipinski definition) is 0. The van der Waals surface area contributed by atoms with Crippen LogP contribution >= 0.6 is 0 Å². The van der Waals surface area contributed by atoms with Crippen molar-refractivity contribution in [2.45, 2.75) is 26.2 Å². The highest BCUT2D eigenvalue weighted by Gasteiger charge is 2.29. The van der Waals surface area contributed by atoms with Crippen LogP contribution in [-0.2, 0) is 5.41 Å². The highest BCUT2D eigenvalue weighted by molar-refractivity contribution is 6.30. The number of hydrogen-bond acceptors (Lipinski definition) is 2. The fourth-order valence-corrected chi connectivity index (χ4v) is 16.2.